The Morgan fingerprint density at radius 1 is 1.07 bits per heavy atom. The van der Waals surface area contributed by atoms with E-state index in [2.05, 4.69) is 51.1 Å². The number of hydrogen-bond donors (Lipinski definition) is 1. The molecule has 1 N–H and O–H groups in total. The summed E-state index contributed by atoms with van der Waals surface area (Å²) in [5, 5.41) is 3.34. The van der Waals surface area contributed by atoms with Gasteiger partial charge in [0, 0.05) is 37.7 Å². The summed E-state index contributed by atoms with van der Waals surface area (Å²) in [5.74, 6) is 1.37. The molecule has 3 heterocycles. The van der Waals surface area contributed by atoms with Crippen LogP contribution >= 0.6 is 12.2 Å². The molecule has 6 nitrogen and oxygen atoms in total. The first-order chi connectivity index (χ1) is 14.1. The molecular weight excluding hydrogens is 382 g/mol. The number of nitrogens with zero attached hydrogens (tertiary/aromatic N) is 4. The van der Waals surface area contributed by atoms with Crippen LogP contribution in [0.15, 0.2) is 24.3 Å². The summed E-state index contributed by atoms with van der Waals surface area (Å²) in [7, 11) is 0. The number of likely N-dealkylation sites (tertiary alicyclic amines) is 2. The van der Waals surface area contributed by atoms with E-state index >= 15 is 0 Å². The Hall–Kier alpha value is -1.99. The molecule has 1 amide bonds. The summed E-state index contributed by atoms with van der Waals surface area (Å²) in [4.78, 5) is 21.9. The first-order valence-electron chi connectivity index (χ1n) is 10.9. The van der Waals surface area contributed by atoms with Crippen LogP contribution in [-0.2, 0) is 11.5 Å². The van der Waals surface area contributed by atoms with Gasteiger partial charge in [0.2, 0.25) is 10.7 Å². The number of piperidine rings is 1. The Morgan fingerprint density at radius 3 is 2.38 bits per heavy atom. The lowest BCUT2D eigenvalue weighted by Crippen LogP contribution is -2.43. The Labute approximate surface area is 177 Å². The number of benzene rings is 1. The molecule has 0 spiro atoms. The normalized spacial score (nSPS) is 19.3. The second-order valence-electron chi connectivity index (χ2n) is 8.42. The molecule has 0 atom stereocenters. The van der Waals surface area contributed by atoms with Crippen molar-refractivity contribution >= 4 is 18.1 Å². The molecule has 0 aliphatic carbocycles. The van der Waals surface area contributed by atoms with Gasteiger partial charge < -0.3 is 4.90 Å². The first kappa shape index (κ1) is 20.3. The van der Waals surface area contributed by atoms with Crippen molar-refractivity contribution in [2.75, 3.05) is 26.2 Å². The van der Waals surface area contributed by atoms with Crippen molar-refractivity contribution in [1.82, 2.24) is 24.6 Å². The van der Waals surface area contributed by atoms with Gasteiger partial charge in [0.25, 0.3) is 0 Å². The van der Waals surface area contributed by atoms with E-state index in [0.717, 1.165) is 63.3 Å². The quantitative estimate of drug-likeness (QED) is 0.770. The van der Waals surface area contributed by atoms with E-state index in [4.69, 9.17) is 12.2 Å². The number of H-pyrrole nitrogens is 1. The highest BCUT2D eigenvalue weighted by Gasteiger charge is 2.29. The van der Waals surface area contributed by atoms with E-state index in [0.29, 0.717) is 17.3 Å². The summed E-state index contributed by atoms with van der Waals surface area (Å²) in [6, 6.07) is 8.29. The predicted molar refractivity (Wildman–Crippen MR) is 117 cm³/mol. The molecule has 1 aromatic carbocycles. The summed E-state index contributed by atoms with van der Waals surface area (Å²) in [6.45, 7) is 6.51. The summed E-state index contributed by atoms with van der Waals surface area (Å²) in [5.41, 5.74) is 2.27. The lowest BCUT2D eigenvalue weighted by molar-refractivity contribution is -0.137. The topological polar surface area (TPSA) is 57.2 Å². The van der Waals surface area contributed by atoms with Gasteiger partial charge in [0.15, 0.2) is 5.82 Å². The number of amides is 1. The van der Waals surface area contributed by atoms with Gasteiger partial charge in [-0.1, -0.05) is 42.7 Å². The molecule has 7 heteroatoms. The van der Waals surface area contributed by atoms with Gasteiger partial charge >= 0.3 is 0 Å². The zero-order valence-corrected chi connectivity index (χ0v) is 18.1. The molecule has 2 saturated heterocycles. The fraction of sp³-hybridized carbons (Fsp3) is 0.591. The second-order valence-corrected chi connectivity index (χ2v) is 8.79. The van der Waals surface area contributed by atoms with Gasteiger partial charge in [-0.15, -0.1) is 0 Å². The van der Waals surface area contributed by atoms with Crippen LogP contribution in [0.5, 0.6) is 0 Å². The van der Waals surface area contributed by atoms with E-state index in [1.807, 2.05) is 4.68 Å². The maximum atomic E-state index is 12.9. The minimum atomic E-state index is 0.183. The number of aromatic amines is 1. The number of aryl methyl sites for hydroxylation is 1. The number of carbonyl (C=O) groups is 1. The maximum Gasteiger partial charge on any atom is 0.225 e. The minimum Gasteiger partial charge on any atom is -0.342 e. The third-order valence-corrected chi connectivity index (χ3v) is 6.51. The Kier molecular flexibility index (Phi) is 6.45. The molecule has 0 bridgehead atoms. The number of nitrogens with one attached hydrogen (secondary N) is 1. The molecule has 2 fully saturated rings. The summed E-state index contributed by atoms with van der Waals surface area (Å²) in [6.07, 6.45) is 6.70. The second kappa shape index (κ2) is 9.22. The molecule has 29 heavy (non-hydrogen) atoms. The molecule has 1 aromatic heterocycles. The highest BCUT2D eigenvalue weighted by Crippen LogP contribution is 2.22. The number of rotatable bonds is 4. The smallest absolute Gasteiger partial charge is 0.225 e. The van der Waals surface area contributed by atoms with Crippen molar-refractivity contribution in [2.24, 2.45) is 5.92 Å². The fourth-order valence-electron chi connectivity index (χ4n) is 4.36. The number of carbonyl (C=O) groups excluding carboxylic acids is 1. The van der Waals surface area contributed by atoms with Crippen LogP contribution < -0.4 is 0 Å². The molecule has 4 rings (SSSR count). The van der Waals surface area contributed by atoms with Gasteiger partial charge in [0.05, 0.1) is 6.67 Å². The fourth-order valence-corrected chi connectivity index (χ4v) is 4.56. The van der Waals surface area contributed by atoms with Crippen LogP contribution in [-0.4, -0.2) is 56.7 Å². The van der Waals surface area contributed by atoms with Crippen LogP contribution in [0, 0.1) is 17.6 Å². The van der Waals surface area contributed by atoms with Crippen LogP contribution in [0.1, 0.15) is 44.1 Å². The first-order valence-corrected chi connectivity index (χ1v) is 11.3. The van der Waals surface area contributed by atoms with Crippen molar-refractivity contribution in [1.29, 1.82) is 0 Å². The number of aromatic nitrogens is 3. The van der Waals surface area contributed by atoms with Crippen molar-refractivity contribution in [2.45, 2.75) is 52.1 Å². The van der Waals surface area contributed by atoms with Crippen LogP contribution in [0.3, 0.4) is 0 Å². The van der Waals surface area contributed by atoms with Crippen LogP contribution in [0.2, 0.25) is 0 Å². The van der Waals surface area contributed by atoms with Gasteiger partial charge in [-0.2, -0.15) is 4.98 Å². The van der Waals surface area contributed by atoms with Gasteiger partial charge in [-0.3, -0.25) is 14.8 Å². The Bertz CT molecular complexity index is 871. The Morgan fingerprint density at radius 2 is 1.72 bits per heavy atom. The third-order valence-electron chi connectivity index (χ3n) is 6.20. The SMILES string of the molecule is Cc1ccc(-c2nc(=S)n(CN3CCC(C(=O)N4CCCCCC4)CC3)[nH]2)cc1. The van der Waals surface area contributed by atoms with E-state index in [-0.39, 0.29) is 5.92 Å². The third kappa shape index (κ3) is 4.95. The molecule has 0 unspecified atom stereocenters. The van der Waals surface area contributed by atoms with E-state index in [1.54, 1.807) is 0 Å². The summed E-state index contributed by atoms with van der Waals surface area (Å²) >= 11 is 5.46. The highest BCUT2D eigenvalue weighted by atomic mass is 32.1. The zero-order chi connectivity index (χ0) is 20.2. The van der Waals surface area contributed by atoms with E-state index in [9.17, 15) is 4.79 Å². The molecule has 2 aliphatic rings. The van der Waals surface area contributed by atoms with E-state index in [1.165, 1.54) is 18.4 Å². The van der Waals surface area contributed by atoms with Crippen molar-refractivity contribution in [3.05, 3.63) is 34.6 Å². The van der Waals surface area contributed by atoms with Gasteiger partial charge in [-0.05, 0) is 44.8 Å². The zero-order valence-electron chi connectivity index (χ0n) is 17.3. The largest absolute Gasteiger partial charge is 0.342 e. The molecule has 156 valence electrons. The highest BCUT2D eigenvalue weighted by molar-refractivity contribution is 7.71. The van der Waals surface area contributed by atoms with Gasteiger partial charge in [-0.25, -0.2) is 4.68 Å². The average molecular weight is 414 g/mol. The van der Waals surface area contributed by atoms with E-state index < -0.39 is 0 Å². The molecule has 2 aliphatic heterocycles. The molecule has 0 radical (unpaired) electrons. The minimum absolute atomic E-state index is 0.183. The average Bonchev–Trinajstić information content (AvgIpc) is 2.94. The Balaban J connectivity index is 1.33. The lowest BCUT2D eigenvalue weighted by Gasteiger charge is -2.33. The predicted octanol–water partition coefficient (Wildman–Crippen LogP) is 3.99. The van der Waals surface area contributed by atoms with Crippen molar-refractivity contribution in [3.8, 4) is 11.4 Å². The van der Waals surface area contributed by atoms with Gasteiger partial charge in [0.1, 0.15) is 0 Å². The standard InChI is InChI=1S/C22H31N5OS/c1-17-6-8-18(9-7-17)20-23-22(29)27(24-20)16-25-14-10-19(11-15-25)21(28)26-12-4-2-3-5-13-26/h6-9,19H,2-5,10-16H2,1H3,(H,23,24,29). The molecular formula is C22H31N5OS. The maximum absolute atomic E-state index is 12.9. The monoisotopic (exact) mass is 413 g/mol. The van der Waals surface area contributed by atoms with Crippen molar-refractivity contribution in [3.63, 3.8) is 0 Å². The molecule has 2 aromatic rings. The number of hydrogen-bond acceptors (Lipinski definition) is 4. The summed E-state index contributed by atoms with van der Waals surface area (Å²) < 4.78 is 2.50. The lowest BCUT2D eigenvalue weighted by atomic mass is 9.95. The molecule has 0 saturated carbocycles. The van der Waals surface area contributed by atoms with Crippen LogP contribution in [0.4, 0.5) is 0 Å². The van der Waals surface area contributed by atoms with Crippen molar-refractivity contribution < 1.29 is 4.79 Å². The van der Waals surface area contributed by atoms with Crippen LogP contribution in [0.25, 0.3) is 11.4 Å².